The number of ether oxygens (including phenoxy) is 2. The zero-order chi connectivity index (χ0) is 18.9. The Morgan fingerprint density at radius 1 is 0.828 bits per heavy atom. The molecule has 2 heterocycles. The van der Waals surface area contributed by atoms with E-state index in [1.807, 2.05) is 66.7 Å². The number of nitrogens with zero attached hydrogens (tertiary/aromatic N) is 2. The summed E-state index contributed by atoms with van der Waals surface area (Å²) in [5.74, 6) is 2.75. The Balaban J connectivity index is 0.00000205. The Morgan fingerprint density at radius 2 is 1.59 bits per heavy atom. The summed E-state index contributed by atoms with van der Waals surface area (Å²) in [7, 11) is 0. The average molecular weight is 425 g/mol. The molecule has 0 unspecified atom stereocenters. The lowest BCUT2D eigenvalue weighted by Gasteiger charge is -2.19. The van der Waals surface area contributed by atoms with Crippen LogP contribution in [0.5, 0.6) is 11.5 Å². The number of para-hydroxylation sites is 1. The van der Waals surface area contributed by atoms with Crippen LogP contribution in [-0.4, -0.2) is 23.2 Å². The summed E-state index contributed by atoms with van der Waals surface area (Å²) in [6.45, 7) is 1.11. The van der Waals surface area contributed by atoms with E-state index in [1.54, 1.807) is 0 Å². The van der Waals surface area contributed by atoms with E-state index >= 15 is 0 Å². The molecule has 4 aromatic rings. The van der Waals surface area contributed by atoms with Crippen molar-refractivity contribution in [2.45, 2.75) is 0 Å². The van der Waals surface area contributed by atoms with Crippen LogP contribution in [0.1, 0.15) is 0 Å². The molecule has 1 aromatic heterocycles. The fourth-order valence-corrected chi connectivity index (χ4v) is 3.41. The van der Waals surface area contributed by atoms with E-state index in [0.717, 1.165) is 33.7 Å². The lowest BCUT2D eigenvalue weighted by atomic mass is 10.1. The topological polar surface area (TPSA) is 56.3 Å². The molecule has 7 heteroatoms. The molecule has 0 atom stereocenters. The number of rotatable bonds is 3. The van der Waals surface area contributed by atoms with E-state index in [-0.39, 0.29) is 12.4 Å². The smallest absolute Gasteiger partial charge is 0.163 e. The van der Waals surface area contributed by atoms with Crippen LogP contribution in [0.25, 0.3) is 22.3 Å². The summed E-state index contributed by atoms with van der Waals surface area (Å²) in [4.78, 5) is 9.46. The lowest BCUT2D eigenvalue weighted by Crippen LogP contribution is -3.00. The summed E-state index contributed by atoms with van der Waals surface area (Å²) in [5.41, 5.74) is 2.49. The fourth-order valence-electron chi connectivity index (χ4n) is 3.19. The number of aromatic nitrogens is 2. The Morgan fingerprint density at radius 3 is 2.45 bits per heavy atom. The van der Waals surface area contributed by atoms with Gasteiger partial charge < -0.3 is 27.2 Å². The minimum absolute atomic E-state index is 0. The molecular formula is C22H16Cl2N3O2-. The first-order valence-corrected chi connectivity index (χ1v) is 9.34. The molecule has 1 aliphatic rings. The van der Waals surface area contributed by atoms with Gasteiger partial charge in [-0.15, -0.1) is 0 Å². The maximum atomic E-state index is 6.37. The zero-order valence-electron chi connectivity index (χ0n) is 15.2. The molecular weight excluding hydrogens is 409 g/mol. The van der Waals surface area contributed by atoms with Gasteiger partial charge in [0.15, 0.2) is 17.3 Å². The van der Waals surface area contributed by atoms with E-state index in [9.17, 15) is 0 Å². The highest BCUT2D eigenvalue weighted by Crippen LogP contribution is 2.35. The van der Waals surface area contributed by atoms with E-state index in [1.165, 1.54) is 0 Å². The number of anilines is 2. The monoisotopic (exact) mass is 424 g/mol. The molecule has 5 nitrogen and oxygen atoms in total. The molecule has 3 aromatic carbocycles. The van der Waals surface area contributed by atoms with Gasteiger partial charge in [-0.25, -0.2) is 9.97 Å². The molecule has 146 valence electrons. The number of benzene rings is 3. The Kier molecular flexibility index (Phi) is 5.43. The number of fused-ring (bicyclic) bond motifs is 2. The van der Waals surface area contributed by atoms with Crippen molar-refractivity contribution in [3.8, 4) is 22.9 Å². The third-order valence-corrected chi connectivity index (χ3v) is 4.85. The summed E-state index contributed by atoms with van der Waals surface area (Å²) < 4.78 is 11.3. The first-order valence-electron chi connectivity index (χ1n) is 8.96. The summed E-state index contributed by atoms with van der Waals surface area (Å²) in [6.07, 6.45) is 0. The first-order chi connectivity index (χ1) is 13.8. The van der Waals surface area contributed by atoms with Crippen molar-refractivity contribution in [1.29, 1.82) is 0 Å². The lowest BCUT2D eigenvalue weighted by molar-refractivity contribution is -0.00000608. The zero-order valence-corrected chi connectivity index (χ0v) is 16.7. The van der Waals surface area contributed by atoms with Crippen molar-refractivity contribution in [3.63, 3.8) is 0 Å². The van der Waals surface area contributed by atoms with Gasteiger partial charge in [0, 0.05) is 22.7 Å². The van der Waals surface area contributed by atoms with E-state index < -0.39 is 0 Å². The van der Waals surface area contributed by atoms with Gasteiger partial charge in [0.2, 0.25) is 0 Å². The SMILES string of the molecule is Clc1ccccc1-c1nc(Nc2ccc3c(c2)OCCO3)c2ccccc2n1.[Cl-]. The van der Waals surface area contributed by atoms with Gasteiger partial charge in [0.1, 0.15) is 19.0 Å². The van der Waals surface area contributed by atoms with E-state index in [4.69, 9.17) is 31.0 Å². The number of nitrogens with one attached hydrogen (secondary N) is 1. The van der Waals surface area contributed by atoms with Crippen LogP contribution in [0, 0.1) is 0 Å². The van der Waals surface area contributed by atoms with Crippen molar-refractivity contribution in [3.05, 3.63) is 71.8 Å². The Hall–Kier alpha value is -3.02. The third-order valence-electron chi connectivity index (χ3n) is 4.52. The van der Waals surface area contributed by atoms with Crippen LogP contribution in [0.15, 0.2) is 66.7 Å². The Labute approximate surface area is 179 Å². The summed E-state index contributed by atoms with van der Waals surface area (Å²) >= 11 is 6.37. The summed E-state index contributed by atoms with van der Waals surface area (Å²) in [6, 6.07) is 21.2. The number of hydrogen-bond donors (Lipinski definition) is 1. The minimum Gasteiger partial charge on any atom is -1.00 e. The molecule has 0 aliphatic carbocycles. The van der Waals surface area contributed by atoms with Gasteiger partial charge in [-0.05, 0) is 36.4 Å². The predicted molar refractivity (Wildman–Crippen MR) is 111 cm³/mol. The molecule has 29 heavy (non-hydrogen) atoms. The average Bonchev–Trinajstić information content (AvgIpc) is 2.74. The molecule has 0 amide bonds. The van der Waals surface area contributed by atoms with E-state index in [2.05, 4.69) is 5.32 Å². The molecule has 0 saturated heterocycles. The van der Waals surface area contributed by atoms with Crippen molar-refractivity contribution < 1.29 is 21.9 Å². The maximum Gasteiger partial charge on any atom is 0.163 e. The van der Waals surface area contributed by atoms with Crippen molar-refractivity contribution >= 4 is 34.0 Å². The second-order valence-electron chi connectivity index (χ2n) is 6.38. The van der Waals surface area contributed by atoms with Gasteiger partial charge in [-0.1, -0.05) is 35.9 Å². The quantitative estimate of drug-likeness (QED) is 0.547. The van der Waals surface area contributed by atoms with Crippen molar-refractivity contribution in [1.82, 2.24) is 9.97 Å². The van der Waals surface area contributed by atoms with Gasteiger partial charge in [-0.2, -0.15) is 0 Å². The van der Waals surface area contributed by atoms with Gasteiger partial charge >= 0.3 is 0 Å². The van der Waals surface area contributed by atoms with Crippen LogP contribution in [0.2, 0.25) is 5.02 Å². The third kappa shape index (κ3) is 3.79. The van der Waals surface area contributed by atoms with E-state index in [0.29, 0.717) is 29.9 Å². The normalized spacial score (nSPS) is 12.3. The van der Waals surface area contributed by atoms with Crippen LogP contribution in [0.3, 0.4) is 0 Å². The second kappa shape index (κ2) is 8.15. The van der Waals surface area contributed by atoms with Crippen LogP contribution >= 0.6 is 11.6 Å². The first kappa shape index (κ1) is 19.3. The molecule has 5 rings (SSSR count). The molecule has 1 aliphatic heterocycles. The molecule has 0 radical (unpaired) electrons. The fraction of sp³-hybridized carbons (Fsp3) is 0.0909. The van der Waals surface area contributed by atoms with Gasteiger partial charge in [0.25, 0.3) is 0 Å². The number of halogens is 2. The van der Waals surface area contributed by atoms with Gasteiger partial charge in [-0.3, -0.25) is 0 Å². The molecule has 0 fully saturated rings. The second-order valence-corrected chi connectivity index (χ2v) is 6.78. The minimum atomic E-state index is 0. The predicted octanol–water partition coefficient (Wildman–Crippen LogP) is 2.47. The maximum absolute atomic E-state index is 6.37. The molecule has 0 saturated carbocycles. The highest BCUT2D eigenvalue weighted by molar-refractivity contribution is 6.33. The van der Waals surface area contributed by atoms with Crippen LogP contribution < -0.4 is 27.2 Å². The highest BCUT2D eigenvalue weighted by Gasteiger charge is 2.14. The Bertz CT molecular complexity index is 1180. The largest absolute Gasteiger partial charge is 1.00 e. The van der Waals surface area contributed by atoms with Crippen LogP contribution in [0.4, 0.5) is 11.5 Å². The number of hydrogen-bond acceptors (Lipinski definition) is 5. The molecule has 1 N–H and O–H groups in total. The standard InChI is InChI=1S/C22H16ClN3O2.ClH/c23-17-7-3-1-5-15(17)21-25-18-8-4-2-6-16(18)22(26-21)24-14-9-10-19-20(13-14)28-12-11-27-19;/h1-10,13H,11-12H2,(H,24,25,26);1H/p-1. The van der Waals surface area contributed by atoms with Crippen molar-refractivity contribution in [2.24, 2.45) is 0 Å². The molecule has 0 spiro atoms. The van der Waals surface area contributed by atoms with Gasteiger partial charge in [0.05, 0.1) is 10.5 Å². The molecule has 0 bridgehead atoms. The highest BCUT2D eigenvalue weighted by atomic mass is 35.5. The van der Waals surface area contributed by atoms with Crippen LogP contribution in [-0.2, 0) is 0 Å². The summed E-state index contributed by atoms with van der Waals surface area (Å²) in [5, 5.41) is 4.94. The van der Waals surface area contributed by atoms with Crippen molar-refractivity contribution in [2.75, 3.05) is 18.5 Å².